The predicted octanol–water partition coefficient (Wildman–Crippen LogP) is 1.70. The van der Waals surface area contributed by atoms with Crippen LogP contribution in [-0.2, 0) is 13.0 Å². The van der Waals surface area contributed by atoms with Crippen LogP contribution in [0.3, 0.4) is 0 Å². The Hall–Kier alpha value is -3.09. The van der Waals surface area contributed by atoms with Gasteiger partial charge in [-0.05, 0) is 29.7 Å². The van der Waals surface area contributed by atoms with Crippen molar-refractivity contribution in [1.29, 1.82) is 0 Å². The number of nitrogens with one attached hydrogen (secondary N) is 2. The molecule has 2 aromatic rings. The monoisotopic (exact) mass is 369 g/mol. The summed E-state index contributed by atoms with van der Waals surface area (Å²) in [6.45, 7) is 1.32. The maximum atomic E-state index is 12.1. The number of hydrogen-bond donors (Lipinski definition) is 2. The van der Waals surface area contributed by atoms with Crippen LogP contribution < -0.4 is 15.4 Å². The van der Waals surface area contributed by atoms with Gasteiger partial charge in [0.2, 0.25) is 5.88 Å². The van der Waals surface area contributed by atoms with E-state index in [1.165, 1.54) is 0 Å². The topological polar surface area (TPSA) is 78.9 Å². The van der Waals surface area contributed by atoms with Crippen molar-refractivity contribution in [3.05, 3.63) is 59.3 Å². The number of hydrogen-bond acceptors (Lipinski definition) is 4. The molecule has 1 aromatic carbocycles. The Morgan fingerprint density at radius 3 is 2.63 bits per heavy atom. The number of methoxy groups -OCH3 is 1. The van der Waals surface area contributed by atoms with Crippen molar-refractivity contribution in [1.82, 2.24) is 20.5 Å². The zero-order valence-corrected chi connectivity index (χ0v) is 16.3. The lowest BCUT2D eigenvalue weighted by Crippen LogP contribution is -2.37. The van der Waals surface area contributed by atoms with E-state index in [9.17, 15) is 4.79 Å². The molecule has 1 heterocycles. The smallest absolute Gasteiger partial charge is 0.253 e. The number of benzene rings is 1. The third kappa shape index (κ3) is 6.29. The van der Waals surface area contributed by atoms with E-state index in [0.717, 1.165) is 17.5 Å². The van der Waals surface area contributed by atoms with Crippen LogP contribution in [0.4, 0.5) is 0 Å². The molecule has 0 bridgehead atoms. The molecule has 0 spiro atoms. The molecule has 0 saturated heterocycles. The Labute approximate surface area is 160 Å². The van der Waals surface area contributed by atoms with E-state index in [1.54, 1.807) is 39.3 Å². The number of carbonyl (C=O) groups is 1. The summed E-state index contributed by atoms with van der Waals surface area (Å²) in [5.41, 5.74) is 2.84. The highest BCUT2D eigenvalue weighted by atomic mass is 16.5. The van der Waals surface area contributed by atoms with Gasteiger partial charge < -0.3 is 20.3 Å². The molecule has 0 radical (unpaired) electrons. The third-order valence-electron chi connectivity index (χ3n) is 3.98. The fourth-order valence-electron chi connectivity index (χ4n) is 2.49. The van der Waals surface area contributed by atoms with Crippen molar-refractivity contribution in [3.8, 4) is 5.88 Å². The molecule has 0 unspecified atom stereocenters. The molecule has 27 heavy (non-hydrogen) atoms. The van der Waals surface area contributed by atoms with Gasteiger partial charge in [0.05, 0.1) is 7.11 Å². The largest absolute Gasteiger partial charge is 0.481 e. The molecule has 0 fully saturated rings. The van der Waals surface area contributed by atoms with Gasteiger partial charge in [0.25, 0.3) is 5.91 Å². The van der Waals surface area contributed by atoms with E-state index in [2.05, 4.69) is 20.6 Å². The van der Waals surface area contributed by atoms with Crippen LogP contribution in [0.15, 0.2) is 47.6 Å². The number of nitrogens with zero attached hydrogens (tertiary/aromatic N) is 3. The first-order chi connectivity index (χ1) is 13.0. The van der Waals surface area contributed by atoms with Crippen LogP contribution in [0, 0.1) is 0 Å². The van der Waals surface area contributed by atoms with E-state index in [0.29, 0.717) is 30.5 Å². The lowest BCUT2D eigenvalue weighted by molar-refractivity contribution is 0.0827. The Kier molecular flexibility index (Phi) is 7.61. The Balaban J connectivity index is 1.82. The SMILES string of the molecule is CN=C(NCCc1cccc(C(=O)N(C)C)c1)NCc1ccc(OC)nc1. The highest BCUT2D eigenvalue weighted by Crippen LogP contribution is 2.08. The van der Waals surface area contributed by atoms with E-state index in [1.807, 2.05) is 36.4 Å². The van der Waals surface area contributed by atoms with Crippen LogP contribution in [-0.4, -0.2) is 56.5 Å². The molecule has 0 aliphatic heterocycles. The number of aromatic nitrogens is 1. The normalized spacial score (nSPS) is 11.0. The fraction of sp³-hybridized carbons (Fsp3) is 0.350. The standard InChI is InChI=1S/C20H27N5O2/c1-21-20(24-14-16-8-9-18(27-4)23-13-16)22-11-10-15-6-5-7-17(12-15)19(26)25(2)3/h5-9,12-13H,10-11,14H2,1-4H3,(H2,21,22,24). The number of aliphatic imine (C=N–C) groups is 1. The average Bonchev–Trinajstić information content (AvgIpc) is 2.70. The summed E-state index contributed by atoms with van der Waals surface area (Å²) in [5, 5.41) is 6.53. The van der Waals surface area contributed by atoms with E-state index < -0.39 is 0 Å². The first-order valence-electron chi connectivity index (χ1n) is 8.77. The van der Waals surface area contributed by atoms with Crippen molar-refractivity contribution in [2.45, 2.75) is 13.0 Å². The molecule has 144 valence electrons. The van der Waals surface area contributed by atoms with Crippen molar-refractivity contribution >= 4 is 11.9 Å². The third-order valence-corrected chi connectivity index (χ3v) is 3.98. The van der Waals surface area contributed by atoms with E-state index in [-0.39, 0.29) is 5.91 Å². The lowest BCUT2D eigenvalue weighted by Gasteiger charge is -2.13. The van der Waals surface area contributed by atoms with Crippen LogP contribution in [0.1, 0.15) is 21.5 Å². The number of carbonyl (C=O) groups excluding carboxylic acids is 1. The van der Waals surface area contributed by atoms with Gasteiger partial charge in [-0.2, -0.15) is 0 Å². The zero-order chi connectivity index (χ0) is 19.6. The van der Waals surface area contributed by atoms with Gasteiger partial charge in [0.1, 0.15) is 0 Å². The van der Waals surface area contributed by atoms with E-state index in [4.69, 9.17) is 4.74 Å². The Morgan fingerprint density at radius 1 is 1.19 bits per heavy atom. The molecule has 7 nitrogen and oxygen atoms in total. The van der Waals surface area contributed by atoms with Crippen molar-refractivity contribution in [2.75, 3.05) is 34.8 Å². The van der Waals surface area contributed by atoms with Gasteiger partial charge in [-0.25, -0.2) is 4.98 Å². The summed E-state index contributed by atoms with van der Waals surface area (Å²) in [6.07, 6.45) is 2.56. The second-order valence-electron chi connectivity index (χ2n) is 6.21. The predicted molar refractivity (Wildman–Crippen MR) is 107 cm³/mol. The summed E-state index contributed by atoms with van der Waals surface area (Å²) in [4.78, 5) is 22.0. The number of amides is 1. The molecule has 0 aliphatic carbocycles. The van der Waals surface area contributed by atoms with Gasteiger partial charge in [-0.3, -0.25) is 9.79 Å². The van der Waals surface area contributed by atoms with Crippen LogP contribution in [0.25, 0.3) is 0 Å². The summed E-state index contributed by atoms with van der Waals surface area (Å²) in [5.74, 6) is 1.32. The molecule has 7 heteroatoms. The second kappa shape index (κ2) is 10.2. The quantitative estimate of drug-likeness (QED) is 0.574. The summed E-state index contributed by atoms with van der Waals surface area (Å²) in [6, 6.07) is 11.5. The summed E-state index contributed by atoms with van der Waals surface area (Å²) < 4.78 is 5.06. The number of rotatable bonds is 7. The Bertz CT molecular complexity index is 772. The van der Waals surface area contributed by atoms with Gasteiger partial charge in [-0.1, -0.05) is 18.2 Å². The maximum absolute atomic E-state index is 12.1. The number of ether oxygens (including phenoxy) is 1. The molecule has 2 rings (SSSR count). The first-order valence-corrected chi connectivity index (χ1v) is 8.77. The molecule has 0 atom stereocenters. The van der Waals surface area contributed by atoms with Gasteiger partial charge in [0.15, 0.2) is 5.96 Å². The molecule has 1 amide bonds. The van der Waals surface area contributed by atoms with Crippen molar-refractivity contribution in [3.63, 3.8) is 0 Å². The highest BCUT2D eigenvalue weighted by Gasteiger charge is 2.08. The summed E-state index contributed by atoms with van der Waals surface area (Å²) in [7, 11) is 6.84. The number of guanidine groups is 1. The number of pyridine rings is 1. The summed E-state index contributed by atoms with van der Waals surface area (Å²) >= 11 is 0. The van der Waals surface area contributed by atoms with Crippen LogP contribution in [0.5, 0.6) is 5.88 Å². The van der Waals surface area contributed by atoms with Gasteiger partial charge in [-0.15, -0.1) is 0 Å². The van der Waals surface area contributed by atoms with Crippen molar-refractivity contribution < 1.29 is 9.53 Å². The maximum Gasteiger partial charge on any atom is 0.253 e. The van der Waals surface area contributed by atoms with Crippen LogP contribution in [0.2, 0.25) is 0 Å². The molecule has 0 saturated carbocycles. The lowest BCUT2D eigenvalue weighted by atomic mass is 10.1. The minimum atomic E-state index is 0.00962. The minimum absolute atomic E-state index is 0.00962. The molecular formula is C20H27N5O2. The highest BCUT2D eigenvalue weighted by molar-refractivity contribution is 5.94. The first kappa shape index (κ1) is 20.2. The Morgan fingerprint density at radius 2 is 2.00 bits per heavy atom. The van der Waals surface area contributed by atoms with E-state index >= 15 is 0 Å². The zero-order valence-electron chi connectivity index (χ0n) is 16.3. The minimum Gasteiger partial charge on any atom is -0.481 e. The fourth-order valence-corrected chi connectivity index (χ4v) is 2.49. The van der Waals surface area contributed by atoms with Crippen LogP contribution >= 0.6 is 0 Å². The molecule has 1 aromatic heterocycles. The van der Waals surface area contributed by atoms with Crippen molar-refractivity contribution in [2.24, 2.45) is 4.99 Å². The average molecular weight is 369 g/mol. The molecule has 0 aliphatic rings. The van der Waals surface area contributed by atoms with Gasteiger partial charge >= 0.3 is 0 Å². The van der Waals surface area contributed by atoms with Gasteiger partial charge in [0, 0.05) is 52.1 Å². The molecular weight excluding hydrogens is 342 g/mol. The molecule has 2 N–H and O–H groups in total. The second-order valence-corrected chi connectivity index (χ2v) is 6.21.